The fourth-order valence-electron chi connectivity index (χ4n) is 3.09. The van der Waals surface area contributed by atoms with Crippen LogP contribution < -0.4 is 10.2 Å². The molecule has 1 saturated heterocycles. The Kier molecular flexibility index (Phi) is 5.93. The first-order chi connectivity index (χ1) is 12.3. The van der Waals surface area contributed by atoms with Crippen molar-refractivity contribution in [1.29, 1.82) is 0 Å². The molecule has 1 fully saturated rings. The van der Waals surface area contributed by atoms with E-state index in [1.807, 2.05) is 24.3 Å². The fourth-order valence-corrected chi connectivity index (χ4v) is 3.09. The molecule has 6 nitrogen and oxygen atoms in total. The third-order valence-electron chi connectivity index (χ3n) is 4.55. The second kappa shape index (κ2) is 8.55. The third-order valence-corrected chi connectivity index (χ3v) is 4.55. The van der Waals surface area contributed by atoms with Crippen LogP contribution >= 0.6 is 0 Å². The number of piperidine rings is 1. The van der Waals surface area contributed by atoms with Crippen molar-refractivity contribution >= 4 is 11.7 Å². The summed E-state index contributed by atoms with van der Waals surface area (Å²) in [5.74, 6) is 1.03. The average molecular weight is 339 g/mol. The highest BCUT2D eigenvalue weighted by atomic mass is 16.1. The summed E-state index contributed by atoms with van der Waals surface area (Å²) in [6, 6.07) is 7.79. The summed E-state index contributed by atoms with van der Waals surface area (Å²) in [5, 5.41) is 11.7. The first-order valence-corrected chi connectivity index (χ1v) is 9.04. The van der Waals surface area contributed by atoms with Gasteiger partial charge in [0.25, 0.3) is 0 Å². The maximum absolute atomic E-state index is 12.3. The van der Waals surface area contributed by atoms with E-state index >= 15 is 0 Å². The summed E-state index contributed by atoms with van der Waals surface area (Å²) in [5.41, 5.74) is 1.76. The van der Waals surface area contributed by atoms with Crippen molar-refractivity contribution in [2.75, 3.05) is 24.5 Å². The molecule has 0 radical (unpaired) electrons. The molecule has 2 aromatic heterocycles. The van der Waals surface area contributed by atoms with Crippen LogP contribution in [0.25, 0.3) is 11.3 Å². The molecule has 1 atom stereocenters. The molecular formula is C19H25N5O. The topological polar surface area (TPSA) is 71.0 Å². The van der Waals surface area contributed by atoms with Crippen molar-refractivity contribution in [3.63, 3.8) is 0 Å². The highest BCUT2D eigenvalue weighted by Gasteiger charge is 2.26. The van der Waals surface area contributed by atoms with Crippen LogP contribution in [0.3, 0.4) is 0 Å². The number of nitrogens with zero attached hydrogens (tertiary/aromatic N) is 4. The monoisotopic (exact) mass is 339 g/mol. The van der Waals surface area contributed by atoms with E-state index in [4.69, 9.17) is 0 Å². The maximum atomic E-state index is 12.3. The van der Waals surface area contributed by atoms with Crippen LogP contribution in [-0.4, -0.2) is 40.7 Å². The lowest BCUT2D eigenvalue weighted by atomic mass is 9.97. The molecular weight excluding hydrogens is 314 g/mol. The van der Waals surface area contributed by atoms with Crippen molar-refractivity contribution in [3.8, 4) is 11.3 Å². The van der Waals surface area contributed by atoms with E-state index in [-0.39, 0.29) is 11.8 Å². The number of pyridine rings is 1. The minimum atomic E-state index is 0.0328. The number of hydrogen-bond acceptors (Lipinski definition) is 5. The van der Waals surface area contributed by atoms with Crippen LogP contribution in [0.2, 0.25) is 0 Å². The van der Waals surface area contributed by atoms with Crippen molar-refractivity contribution in [3.05, 3.63) is 36.7 Å². The summed E-state index contributed by atoms with van der Waals surface area (Å²) in [6.07, 6.45) is 7.58. The highest BCUT2D eigenvalue weighted by Crippen LogP contribution is 2.23. The summed E-state index contributed by atoms with van der Waals surface area (Å²) >= 11 is 0. The van der Waals surface area contributed by atoms with E-state index in [1.165, 1.54) is 0 Å². The van der Waals surface area contributed by atoms with E-state index in [1.54, 1.807) is 12.4 Å². The second-order valence-electron chi connectivity index (χ2n) is 6.45. The lowest BCUT2D eigenvalue weighted by Crippen LogP contribution is -2.43. The van der Waals surface area contributed by atoms with Gasteiger partial charge in [0.05, 0.1) is 11.6 Å². The molecule has 0 aromatic carbocycles. The minimum Gasteiger partial charge on any atom is -0.356 e. The maximum Gasteiger partial charge on any atom is 0.224 e. The van der Waals surface area contributed by atoms with Crippen molar-refractivity contribution < 1.29 is 4.79 Å². The van der Waals surface area contributed by atoms with Gasteiger partial charge in [-0.05, 0) is 43.5 Å². The van der Waals surface area contributed by atoms with Crippen molar-refractivity contribution in [2.24, 2.45) is 5.92 Å². The molecule has 2 aromatic rings. The van der Waals surface area contributed by atoms with Crippen LogP contribution in [0.15, 0.2) is 36.7 Å². The largest absolute Gasteiger partial charge is 0.356 e. The molecule has 1 aliphatic heterocycles. The van der Waals surface area contributed by atoms with Gasteiger partial charge in [0.1, 0.15) is 0 Å². The molecule has 132 valence electrons. The van der Waals surface area contributed by atoms with Crippen LogP contribution in [0.1, 0.15) is 32.6 Å². The SMILES string of the molecule is CCCCNC(=O)C1CCCN(c2ccc(-c3cccnc3)nn2)C1. The molecule has 3 heterocycles. The standard InChI is InChI=1S/C19H25N5O/c1-2-3-11-21-19(25)16-7-5-12-24(14-16)18-9-8-17(22-23-18)15-6-4-10-20-13-15/h4,6,8-10,13,16H,2-3,5,7,11-12,14H2,1H3,(H,21,25). The van der Waals surface area contributed by atoms with Gasteiger partial charge in [-0.15, -0.1) is 10.2 Å². The summed E-state index contributed by atoms with van der Waals surface area (Å²) in [4.78, 5) is 18.6. The number of unbranched alkanes of at least 4 members (excludes halogenated alkanes) is 1. The van der Waals surface area contributed by atoms with Crippen LogP contribution in [-0.2, 0) is 4.79 Å². The first kappa shape index (κ1) is 17.3. The molecule has 3 rings (SSSR count). The highest BCUT2D eigenvalue weighted by molar-refractivity contribution is 5.79. The lowest BCUT2D eigenvalue weighted by Gasteiger charge is -2.32. The van der Waals surface area contributed by atoms with Crippen LogP contribution in [0, 0.1) is 5.92 Å². The Bertz CT molecular complexity index is 674. The van der Waals surface area contributed by atoms with Gasteiger partial charge in [-0.1, -0.05) is 13.3 Å². The number of hydrogen-bond donors (Lipinski definition) is 1. The predicted molar refractivity (Wildman–Crippen MR) is 98.1 cm³/mol. The Hall–Kier alpha value is -2.50. The number of amides is 1. The third kappa shape index (κ3) is 4.53. The Labute approximate surface area is 148 Å². The van der Waals surface area contributed by atoms with Gasteiger partial charge >= 0.3 is 0 Å². The second-order valence-corrected chi connectivity index (χ2v) is 6.45. The quantitative estimate of drug-likeness (QED) is 0.819. The van der Waals surface area contributed by atoms with Gasteiger partial charge in [0, 0.05) is 37.6 Å². The zero-order chi connectivity index (χ0) is 17.5. The van der Waals surface area contributed by atoms with Gasteiger partial charge in [-0.3, -0.25) is 9.78 Å². The van der Waals surface area contributed by atoms with Gasteiger partial charge < -0.3 is 10.2 Å². The van der Waals surface area contributed by atoms with Gasteiger partial charge in [0.15, 0.2) is 5.82 Å². The lowest BCUT2D eigenvalue weighted by molar-refractivity contribution is -0.125. The van der Waals surface area contributed by atoms with Gasteiger partial charge in [-0.25, -0.2) is 0 Å². The van der Waals surface area contributed by atoms with E-state index < -0.39 is 0 Å². The Balaban J connectivity index is 1.62. The molecule has 1 unspecified atom stereocenters. The molecule has 0 spiro atoms. The molecule has 0 bridgehead atoms. The average Bonchev–Trinajstić information content (AvgIpc) is 2.69. The molecule has 1 N–H and O–H groups in total. The molecule has 0 aliphatic carbocycles. The first-order valence-electron chi connectivity index (χ1n) is 9.04. The molecule has 1 amide bonds. The normalized spacial score (nSPS) is 17.3. The van der Waals surface area contributed by atoms with Crippen molar-refractivity contribution in [1.82, 2.24) is 20.5 Å². The fraction of sp³-hybridized carbons (Fsp3) is 0.474. The van der Waals surface area contributed by atoms with E-state index in [0.29, 0.717) is 6.54 Å². The zero-order valence-electron chi connectivity index (χ0n) is 14.7. The number of nitrogens with one attached hydrogen (secondary N) is 1. The van der Waals surface area contributed by atoms with Gasteiger partial charge in [-0.2, -0.15) is 0 Å². The zero-order valence-corrected chi connectivity index (χ0v) is 14.7. The smallest absolute Gasteiger partial charge is 0.224 e. The molecule has 0 saturated carbocycles. The predicted octanol–water partition coefficient (Wildman–Crippen LogP) is 2.67. The summed E-state index contributed by atoms with van der Waals surface area (Å²) in [7, 11) is 0. The Morgan fingerprint density at radius 2 is 2.24 bits per heavy atom. The van der Waals surface area contributed by atoms with E-state index in [9.17, 15) is 4.79 Å². The molecule has 25 heavy (non-hydrogen) atoms. The molecule has 1 aliphatic rings. The van der Waals surface area contributed by atoms with E-state index in [0.717, 1.165) is 55.8 Å². The number of rotatable bonds is 6. The van der Waals surface area contributed by atoms with Gasteiger partial charge in [0.2, 0.25) is 5.91 Å². The summed E-state index contributed by atoms with van der Waals surface area (Å²) in [6.45, 7) is 4.52. The van der Waals surface area contributed by atoms with E-state index in [2.05, 4.69) is 32.3 Å². The minimum absolute atomic E-state index is 0.0328. The van der Waals surface area contributed by atoms with Crippen LogP contribution in [0.5, 0.6) is 0 Å². The molecule has 6 heteroatoms. The number of carbonyl (C=O) groups excluding carboxylic acids is 1. The number of anilines is 1. The Morgan fingerprint density at radius 1 is 1.32 bits per heavy atom. The number of aromatic nitrogens is 3. The van der Waals surface area contributed by atoms with Crippen LogP contribution in [0.4, 0.5) is 5.82 Å². The Morgan fingerprint density at radius 3 is 2.96 bits per heavy atom. The number of carbonyl (C=O) groups is 1. The summed E-state index contributed by atoms with van der Waals surface area (Å²) < 4.78 is 0. The van der Waals surface area contributed by atoms with Crippen molar-refractivity contribution in [2.45, 2.75) is 32.6 Å².